The highest BCUT2D eigenvalue weighted by molar-refractivity contribution is 14.0. The smallest absolute Gasteiger partial charge is 0.240 e. The lowest BCUT2D eigenvalue weighted by Gasteiger charge is -2.26. The van der Waals surface area contributed by atoms with Crippen molar-refractivity contribution >= 4 is 40.0 Å². The molecule has 0 aromatic heterocycles. The van der Waals surface area contributed by atoms with Crippen LogP contribution in [0.5, 0.6) is 0 Å². The van der Waals surface area contributed by atoms with E-state index < -0.39 is 10.0 Å². The van der Waals surface area contributed by atoms with Gasteiger partial charge in [0.15, 0.2) is 5.96 Å². The number of rotatable bonds is 7. The second kappa shape index (κ2) is 10.9. The van der Waals surface area contributed by atoms with E-state index in [0.29, 0.717) is 18.6 Å². The molecule has 164 valence electrons. The molecule has 0 amide bonds. The highest BCUT2D eigenvalue weighted by Crippen LogP contribution is 2.45. The van der Waals surface area contributed by atoms with Crippen LogP contribution >= 0.6 is 24.0 Å². The number of nitrogens with zero attached hydrogens (tertiary/aromatic N) is 2. The summed E-state index contributed by atoms with van der Waals surface area (Å²) in [6.07, 6.45) is 6.60. The number of aliphatic imine (C=N–C) groups is 1. The minimum absolute atomic E-state index is 0. The van der Waals surface area contributed by atoms with E-state index in [0.717, 1.165) is 24.6 Å². The van der Waals surface area contributed by atoms with Gasteiger partial charge in [0, 0.05) is 40.3 Å². The molecule has 2 N–H and O–H groups in total. The van der Waals surface area contributed by atoms with Gasteiger partial charge < -0.3 is 15.0 Å². The van der Waals surface area contributed by atoms with Gasteiger partial charge in [0.2, 0.25) is 10.0 Å². The van der Waals surface area contributed by atoms with Crippen LogP contribution in [0, 0.1) is 5.41 Å². The molecule has 7 nitrogen and oxygen atoms in total. The highest BCUT2D eigenvalue weighted by Gasteiger charge is 2.41. The van der Waals surface area contributed by atoms with Crippen LogP contribution in [0.25, 0.3) is 0 Å². The minimum atomic E-state index is -3.53. The molecule has 0 unspecified atom stereocenters. The Labute approximate surface area is 191 Å². The first-order valence-corrected chi connectivity index (χ1v) is 11.5. The molecule has 0 atom stereocenters. The lowest BCUT2D eigenvalue weighted by Crippen LogP contribution is -2.40. The van der Waals surface area contributed by atoms with Gasteiger partial charge in [0.1, 0.15) is 0 Å². The van der Waals surface area contributed by atoms with Gasteiger partial charge in [0.25, 0.3) is 0 Å². The molecule has 9 heteroatoms. The zero-order valence-corrected chi connectivity index (χ0v) is 20.5. The van der Waals surface area contributed by atoms with E-state index >= 15 is 0 Å². The molecular weight excluding hydrogens is 503 g/mol. The number of ether oxygens (including phenoxy) is 1. The quantitative estimate of drug-likeness (QED) is 0.242. The largest absolute Gasteiger partial charge is 0.383 e. The molecule has 0 radical (unpaired) electrons. The van der Waals surface area contributed by atoms with Gasteiger partial charge in [-0.1, -0.05) is 25.0 Å². The van der Waals surface area contributed by atoms with Crippen LogP contribution in [0.4, 0.5) is 0 Å². The number of halogens is 1. The molecule has 1 spiro atoms. The molecule has 1 aliphatic heterocycles. The molecule has 1 saturated heterocycles. The zero-order chi connectivity index (χ0) is 20.0. The van der Waals surface area contributed by atoms with Crippen molar-refractivity contribution in [2.45, 2.75) is 43.5 Å². The van der Waals surface area contributed by atoms with Crippen molar-refractivity contribution in [2.75, 3.05) is 40.4 Å². The molecule has 0 bridgehead atoms. The van der Waals surface area contributed by atoms with Gasteiger partial charge in [-0.2, -0.15) is 0 Å². The van der Waals surface area contributed by atoms with E-state index in [9.17, 15) is 8.42 Å². The first kappa shape index (κ1) is 24.4. The number of benzene rings is 1. The topological polar surface area (TPSA) is 83.0 Å². The summed E-state index contributed by atoms with van der Waals surface area (Å²) in [5.74, 6) is 0.898. The van der Waals surface area contributed by atoms with E-state index in [1.165, 1.54) is 32.1 Å². The molecule has 3 rings (SSSR count). The Morgan fingerprint density at radius 2 is 2.03 bits per heavy atom. The molecule has 1 aromatic carbocycles. The van der Waals surface area contributed by atoms with Crippen molar-refractivity contribution in [1.29, 1.82) is 0 Å². The van der Waals surface area contributed by atoms with Crippen LogP contribution in [-0.2, 0) is 21.3 Å². The SMILES string of the molecule is CN=C(NCc1cccc(S(=O)(=O)NCCOC)c1)N1CCC2(CCCC2)C1.I. The summed E-state index contributed by atoms with van der Waals surface area (Å²) in [6.45, 7) is 3.25. The predicted octanol–water partition coefficient (Wildman–Crippen LogP) is 2.57. The summed E-state index contributed by atoms with van der Waals surface area (Å²) in [6, 6.07) is 7.01. The molecule has 1 heterocycles. The van der Waals surface area contributed by atoms with E-state index in [1.54, 1.807) is 25.3 Å². The molecule has 2 fully saturated rings. The van der Waals surface area contributed by atoms with Crippen molar-refractivity contribution in [3.05, 3.63) is 29.8 Å². The Morgan fingerprint density at radius 3 is 2.72 bits per heavy atom. The monoisotopic (exact) mass is 536 g/mol. The predicted molar refractivity (Wildman–Crippen MR) is 126 cm³/mol. The maximum absolute atomic E-state index is 12.4. The molecule has 1 aromatic rings. The standard InChI is InChI=1S/C20H32N4O3S.HI/c1-21-19(24-12-10-20(16-24)8-3-4-9-20)22-15-17-6-5-7-18(14-17)28(25,26)23-11-13-27-2;/h5-7,14,23H,3-4,8-13,15-16H2,1-2H3,(H,21,22);1H. The minimum Gasteiger partial charge on any atom is -0.383 e. The lowest BCUT2D eigenvalue weighted by molar-refractivity contribution is 0.204. The number of nitrogens with one attached hydrogen (secondary N) is 2. The lowest BCUT2D eigenvalue weighted by atomic mass is 9.86. The van der Waals surface area contributed by atoms with Crippen molar-refractivity contribution < 1.29 is 13.2 Å². The van der Waals surface area contributed by atoms with Crippen LogP contribution in [0.2, 0.25) is 0 Å². The Balaban J connectivity index is 0.00000300. The number of methoxy groups -OCH3 is 1. The fourth-order valence-electron chi connectivity index (χ4n) is 4.35. The van der Waals surface area contributed by atoms with E-state index in [2.05, 4.69) is 19.9 Å². The molecule has 1 saturated carbocycles. The number of likely N-dealkylation sites (tertiary alicyclic amines) is 1. The van der Waals surface area contributed by atoms with Gasteiger partial charge >= 0.3 is 0 Å². The van der Waals surface area contributed by atoms with Gasteiger partial charge in [-0.05, 0) is 42.4 Å². The van der Waals surface area contributed by atoms with Gasteiger partial charge in [-0.3, -0.25) is 4.99 Å². The fraction of sp³-hybridized carbons (Fsp3) is 0.650. The molecular formula is C20H33IN4O3S. The first-order valence-electron chi connectivity index (χ1n) is 10.0. The number of guanidine groups is 1. The highest BCUT2D eigenvalue weighted by atomic mass is 127. The third-order valence-corrected chi connectivity index (χ3v) is 7.33. The Bertz CT molecular complexity index is 795. The first-order chi connectivity index (χ1) is 13.5. The third-order valence-electron chi connectivity index (χ3n) is 5.87. The average molecular weight is 536 g/mol. The number of hydrogen-bond acceptors (Lipinski definition) is 4. The summed E-state index contributed by atoms with van der Waals surface area (Å²) in [7, 11) is -0.176. The Morgan fingerprint density at radius 1 is 1.28 bits per heavy atom. The second-order valence-corrected chi connectivity index (χ2v) is 9.58. The van der Waals surface area contributed by atoms with Gasteiger partial charge in [0.05, 0.1) is 11.5 Å². The third kappa shape index (κ3) is 6.28. The fourth-order valence-corrected chi connectivity index (χ4v) is 5.43. The van der Waals surface area contributed by atoms with Crippen molar-refractivity contribution in [2.24, 2.45) is 10.4 Å². The second-order valence-electron chi connectivity index (χ2n) is 7.82. The summed E-state index contributed by atoms with van der Waals surface area (Å²) in [4.78, 5) is 7.06. The van der Waals surface area contributed by atoms with E-state index in [-0.39, 0.29) is 35.4 Å². The Kier molecular flexibility index (Phi) is 9.17. The summed E-state index contributed by atoms with van der Waals surface area (Å²) >= 11 is 0. The zero-order valence-electron chi connectivity index (χ0n) is 17.3. The molecule has 2 aliphatic rings. The van der Waals surface area contributed by atoms with E-state index in [1.807, 2.05) is 13.1 Å². The summed E-state index contributed by atoms with van der Waals surface area (Å²) < 4.78 is 32.2. The summed E-state index contributed by atoms with van der Waals surface area (Å²) in [5.41, 5.74) is 1.39. The van der Waals surface area contributed by atoms with Crippen LogP contribution < -0.4 is 10.0 Å². The van der Waals surface area contributed by atoms with Gasteiger partial charge in [-0.15, -0.1) is 24.0 Å². The molecule has 1 aliphatic carbocycles. The normalized spacial score (nSPS) is 18.8. The average Bonchev–Trinajstić information content (AvgIpc) is 3.33. The Hall–Kier alpha value is -0.910. The number of sulfonamides is 1. The summed E-state index contributed by atoms with van der Waals surface area (Å²) in [5, 5.41) is 3.41. The van der Waals surface area contributed by atoms with Crippen molar-refractivity contribution in [3.8, 4) is 0 Å². The van der Waals surface area contributed by atoms with E-state index in [4.69, 9.17) is 4.74 Å². The van der Waals surface area contributed by atoms with Crippen LogP contribution in [0.1, 0.15) is 37.7 Å². The van der Waals surface area contributed by atoms with Gasteiger partial charge in [-0.25, -0.2) is 13.1 Å². The van der Waals surface area contributed by atoms with Crippen LogP contribution in [-0.4, -0.2) is 59.7 Å². The van der Waals surface area contributed by atoms with Crippen molar-refractivity contribution in [3.63, 3.8) is 0 Å². The van der Waals surface area contributed by atoms with Crippen molar-refractivity contribution in [1.82, 2.24) is 14.9 Å². The maximum atomic E-state index is 12.4. The maximum Gasteiger partial charge on any atom is 0.240 e. The van der Waals surface area contributed by atoms with Crippen LogP contribution in [0.3, 0.4) is 0 Å². The number of hydrogen-bond donors (Lipinski definition) is 2. The molecule has 29 heavy (non-hydrogen) atoms. The van der Waals surface area contributed by atoms with Crippen LogP contribution in [0.15, 0.2) is 34.2 Å².